The van der Waals surface area contributed by atoms with E-state index < -0.39 is 0 Å². The Morgan fingerprint density at radius 2 is 2.11 bits per heavy atom. The largest absolute Gasteiger partial charge is 0.352 e. The van der Waals surface area contributed by atoms with E-state index in [4.69, 9.17) is 0 Å². The van der Waals surface area contributed by atoms with Crippen molar-refractivity contribution >= 4 is 5.91 Å². The van der Waals surface area contributed by atoms with Crippen molar-refractivity contribution in [1.29, 1.82) is 0 Å². The minimum atomic E-state index is 0.227. The van der Waals surface area contributed by atoms with Crippen molar-refractivity contribution in [1.82, 2.24) is 10.6 Å². The molecular formula is C15H28N2O. The summed E-state index contributed by atoms with van der Waals surface area (Å²) in [5.74, 6) is 1.19. The van der Waals surface area contributed by atoms with Crippen molar-refractivity contribution in [3.8, 4) is 0 Å². The Labute approximate surface area is 111 Å². The zero-order chi connectivity index (χ0) is 12.8. The maximum Gasteiger partial charge on any atom is 0.220 e. The third kappa shape index (κ3) is 4.27. The molecule has 3 unspecified atom stereocenters. The third-order valence-electron chi connectivity index (χ3n) is 4.52. The molecule has 104 valence electrons. The van der Waals surface area contributed by atoms with Crippen LogP contribution in [0, 0.1) is 5.92 Å². The van der Waals surface area contributed by atoms with E-state index in [1.54, 1.807) is 0 Å². The number of amides is 1. The summed E-state index contributed by atoms with van der Waals surface area (Å²) in [4.78, 5) is 11.1. The Bertz CT molecular complexity index is 267. The molecule has 0 aromatic rings. The van der Waals surface area contributed by atoms with Crippen LogP contribution < -0.4 is 10.6 Å². The van der Waals surface area contributed by atoms with Crippen LogP contribution in [0.5, 0.6) is 0 Å². The summed E-state index contributed by atoms with van der Waals surface area (Å²) in [5.41, 5.74) is 0. The first-order chi connectivity index (χ1) is 8.78. The molecule has 2 rings (SSSR count). The van der Waals surface area contributed by atoms with Gasteiger partial charge in [0.1, 0.15) is 0 Å². The maximum absolute atomic E-state index is 11.1. The highest BCUT2D eigenvalue weighted by Gasteiger charge is 2.23. The van der Waals surface area contributed by atoms with Gasteiger partial charge in [0.15, 0.2) is 0 Å². The van der Waals surface area contributed by atoms with Gasteiger partial charge in [0.25, 0.3) is 0 Å². The van der Waals surface area contributed by atoms with Crippen molar-refractivity contribution in [2.75, 3.05) is 6.54 Å². The molecule has 1 saturated heterocycles. The van der Waals surface area contributed by atoms with Gasteiger partial charge >= 0.3 is 0 Å². The van der Waals surface area contributed by atoms with Crippen LogP contribution in [0.15, 0.2) is 0 Å². The summed E-state index contributed by atoms with van der Waals surface area (Å²) in [6.45, 7) is 3.26. The quantitative estimate of drug-likeness (QED) is 0.738. The van der Waals surface area contributed by atoms with Gasteiger partial charge in [-0.3, -0.25) is 4.79 Å². The molecule has 1 heterocycles. The van der Waals surface area contributed by atoms with Crippen molar-refractivity contribution in [3.05, 3.63) is 0 Å². The van der Waals surface area contributed by atoms with E-state index in [2.05, 4.69) is 17.6 Å². The van der Waals surface area contributed by atoms with Gasteiger partial charge in [0.2, 0.25) is 5.91 Å². The van der Waals surface area contributed by atoms with Crippen LogP contribution in [0.1, 0.15) is 64.7 Å². The molecule has 0 spiro atoms. The third-order valence-corrected chi connectivity index (χ3v) is 4.52. The van der Waals surface area contributed by atoms with Gasteiger partial charge in [-0.25, -0.2) is 0 Å². The van der Waals surface area contributed by atoms with E-state index in [0.29, 0.717) is 12.1 Å². The molecule has 1 saturated carbocycles. The number of hydrogen-bond donors (Lipinski definition) is 2. The Morgan fingerprint density at radius 1 is 1.22 bits per heavy atom. The minimum Gasteiger partial charge on any atom is -0.352 e. The average Bonchev–Trinajstić information content (AvgIpc) is 2.64. The predicted molar refractivity (Wildman–Crippen MR) is 74.4 cm³/mol. The van der Waals surface area contributed by atoms with Crippen LogP contribution in [0.4, 0.5) is 0 Å². The van der Waals surface area contributed by atoms with Crippen LogP contribution in [0.3, 0.4) is 0 Å². The molecular weight excluding hydrogens is 224 g/mol. The van der Waals surface area contributed by atoms with E-state index in [0.717, 1.165) is 25.3 Å². The highest BCUT2D eigenvalue weighted by Crippen LogP contribution is 2.26. The Morgan fingerprint density at radius 3 is 2.83 bits per heavy atom. The lowest BCUT2D eigenvalue weighted by Gasteiger charge is -2.19. The molecule has 1 aliphatic carbocycles. The number of hydrogen-bond acceptors (Lipinski definition) is 2. The average molecular weight is 252 g/mol. The van der Waals surface area contributed by atoms with E-state index >= 15 is 0 Å². The minimum absolute atomic E-state index is 0.227. The molecule has 2 aliphatic rings. The molecule has 0 aromatic heterocycles. The maximum atomic E-state index is 11.1. The summed E-state index contributed by atoms with van der Waals surface area (Å²) >= 11 is 0. The molecule has 18 heavy (non-hydrogen) atoms. The highest BCUT2D eigenvalue weighted by atomic mass is 16.1. The molecule has 2 N–H and O–H groups in total. The fourth-order valence-electron chi connectivity index (χ4n) is 3.42. The summed E-state index contributed by atoms with van der Waals surface area (Å²) in [7, 11) is 0. The van der Waals surface area contributed by atoms with Crippen molar-refractivity contribution in [3.63, 3.8) is 0 Å². The molecule has 2 fully saturated rings. The fraction of sp³-hybridized carbons (Fsp3) is 0.933. The summed E-state index contributed by atoms with van der Waals surface area (Å²) < 4.78 is 0. The van der Waals surface area contributed by atoms with Gasteiger partial charge in [0, 0.05) is 25.0 Å². The first kappa shape index (κ1) is 13.9. The van der Waals surface area contributed by atoms with Gasteiger partial charge < -0.3 is 10.6 Å². The van der Waals surface area contributed by atoms with Crippen LogP contribution in [0.2, 0.25) is 0 Å². The second-order valence-electron chi connectivity index (χ2n) is 6.07. The standard InChI is InChI=1S/C15H28N2O/c1-2-4-12-5-3-6-13(8-7-12)16-11-14-9-10-15(18)17-14/h12-14,16H,2-11H2,1H3,(H,17,18). The molecule has 0 aromatic carbocycles. The second-order valence-corrected chi connectivity index (χ2v) is 6.07. The van der Waals surface area contributed by atoms with Crippen molar-refractivity contribution in [2.45, 2.75) is 76.8 Å². The van der Waals surface area contributed by atoms with E-state index in [9.17, 15) is 4.79 Å². The highest BCUT2D eigenvalue weighted by molar-refractivity contribution is 5.78. The topological polar surface area (TPSA) is 41.1 Å². The van der Waals surface area contributed by atoms with Gasteiger partial charge in [-0.2, -0.15) is 0 Å². The van der Waals surface area contributed by atoms with Crippen LogP contribution in [-0.2, 0) is 4.79 Å². The van der Waals surface area contributed by atoms with E-state index in [1.807, 2.05) is 0 Å². The first-order valence-corrected chi connectivity index (χ1v) is 7.80. The number of nitrogens with one attached hydrogen (secondary N) is 2. The lowest BCUT2D eigenvalue weighted by atomic mass is 9.95. The zero-order valence-electron chi connectivity index (χ0n) is 11.7. The Kier molecular flexibility index (Phi) is 5.48. The molecule has 3 atom stereocenters. The number of rotatable bonds is 5. The zero-order valence-corrected chi connectivity index (χ0v) is 11.7. The second kappa shape index (κ2) is 7.13. The van der Waals surface area contributed by atoms with Crippen molar-refractivity contribution < 1.29 is 4.79 Å². The van der Waals surface area contributed by atoms with Gasteiger partial charge in [-0.15, -0.1) is 0 Å². The lowest BCUT2D eigenvalue weighted by Crippen LogP contribution is -2.40. The Hall–Kier alpha value is -0.570. The number of carbonyl (C=O) groups is 1. The normalized spacial score (nSPS) is 33.2. The summed E-state index contributed by atoms with van der Waals surface area (Å²) in [6.07, 6.45) is 11.3. The van der Waals surface area contributed by atoms with Gasteiger partial charge in [-0.05, 0) is 31.6 Å². The predicted octanol–water partition coefficient (Wildman–Crippen LogP) is 2.60. The SMILES string of the molecule is CCCC1CCCC(NCC2CCC(=O)N2)CC1. The van der Waals surface area contributed by atoms with Crippen molar-refractivity contribution in [2.24, 2.45) is 5.92 Å². The van der Waals surface area contributed by atoms with Gasteiger partial charge in [-0.1, -0.05) is 32.6 Å². The molecule has 0 radical (unpaired) electrons. The van der Waals surface area contributed by atoms with Gasteiger partial charge in [0.05, 0.1) is 0 Å². The molecule has 1 aliphatic heterocycles. The molecule has 3 nitrogen and oxygen atoms in total. The van der Waals surface area contributed by atoms with Crippen LogP contribution in [-0.4, -0.2) is 24.5 Å². The van der Waals surface area contributed by atoms with E-state index in [1.165, 1.54) is 44.9 Å². The van der Waals surface area contributed by atoms with Crippen LogP contribution in [0.25, 0.3) is 0 Å². The smallest absolute Gasteiger partial charge is 0.220 e. The van der Waals surface area contributed by atoms with E-state index in [-0.39, 0.29) is 5.91 Å². The molecule has 0 bridgehead atoms. The monoisotopic (exact) mass is 252 g/mol. The molecule has 3 heteroatoms. The summed E-state index contributed by atoms with van der Waals surface area (Å²) in [5, 5.41) is 6.71. The molecule has 1 amide bonds. The lowest BCUT2D eigenvalue weighted by molar-refractivity contribution is -0.119. The fourth-order valence-corrected chi connectivity index (χ4v) is 3.42. The van der Waals surface area contributed by atoms with Crippen LogP contribution >= 0.6 is 0 Å². The summed E-state index contributed by atoms with van der Waals surface area (Å²) in [6, 6.07) is 1.07. The first-order valence-electron chi connectivity index (χ1n) is 7.80. The number of carbonyl (C=O) groups excluding carboxylic acids is 1. The Balaban J connectivity index is 1.65.